The first kappa shape index (κ1) is 47.0. The van der Waals surface area contributed by atoms with Crippen molar-refractivity contribution < 1.29 is 32.9 Å². The average Bonchev–Trinajstić information content (AvgIpc) is 3.02. The third-order valence-corrected chi connectivity index (χ3v) is 9.66. The molecule has 48 heavy (non-hydrogen) atoms. The van der Waals surface area contributed by atoms with E-state index in [0.717, 1.165) is 38.5 Å². The lowest BCUT2D eigenvalue weighted by atomic mass is 10.0. The monoisotopic (exact) mass is 702 g/mol. The highest BCUT2D eigenvalue weighted by Gasteiger charge is 2.27. The Bertz CT molecular complexity index is 845. The number of nitrogens with one attached hydrogen (secondary N) is 1. The molecule has 1 unspecified atom stereocenters. The molecule has 3 N–H and O–H groups in total. The highest BCUT2D eigenvalue weighted by atomic mass is 31.2. The van der Waals surface area contributed by atoms with Crippen LogP contribution in [0.25, 0.3) is 0 Å². The molecule has 1 amide bonds. The van der Waals surface area contributed by atoms with Crippen LogP contribution in [0.3, 0.4) is 0 Å². The molecule has 0 rings (SSSR count). The predicted octanol–water partition coefficient (Wildman–Crippen LogP) is 10.2. The molecule has 0 saturated heterocycles. The van der Waals surface area contributed by atoms with Crippen LogP contribution in [0, 0.1) is 0 Å². The van der Waals surface area contributed by atoms with E-state index in [0.29, 0.717) is 17.4 Å². The molecular weight excluding hydrogens is 623 g/mol. The molecule has 0 bridgehead atoms. The number of unbranched alkanes of at least 4 members (excludes halogenated alkanes) is 20. The molecule has 0 heterocycles. The Morgan fingerprint density at radius 3 is 1.67 bits per heavy atom. The number of rotatable bonds is 35. The van der Waals surface area contributed by atoms with E-state index in [4.69, 9.17) is 9.05 Å². The van der Waals surface area contributed by atoms with E-state index in [1.165, 1.54) is 109 Å². The molecule has 0 aliphatic rings. The lowest BCUT2D eigenvalue weighted by molar-refractivity contribution is -0.870. The van der Waals surface area contributed by atoms with Crippen molar-refractivity contribution in [2.24, 2.45) is 0 Å². The van der Waals surface area contributed by atoms with Crippen LogP contribution in [0.4, 0.5) is 0 Å². The van der Waals surface area contributed by atoms with Gasteiger partial charge in [-0.15, -0.1) is 0 Å². The fourth-order valence-electron chi connectivity index (χ4n) is 5.47. The zero-order valence-corrected chi connectivity index (χ0v) is 32.9. The summed E-state index contributed by atoms with van der Waals surface area (Å²) in [5.74, 6) is -0.189. The number of aliphatic hydroxyl groups is 1. The number of quaternary nitrogens is 1. The number of phosphoric ester groups is 1. The number of aliphatic hydroxyl groups excluding tert-OH is 1. The standard InChI is InChI=1S/C39H77N2O6P/c1-6-8-10-12-14-16-18-20-21-22-24-26-28-30-32-38(42)37(36-47-48(44,45)46-35-34-41(3,4)5)40-39(43)33-31-29-27-25-23-19-17-15-13-11-9-7-2/h22,24,30,32,37-38,42H,6-21,23,25-29,31,33-36H2,1-5H3,(H-,40,43,44,45)/p+1/b24-22+,32-30+/t37-,38+/m0/s1. The van der Waals surface area contributed by atoms with Gasteiger partial charge in [-0.05, 0) is 32.1 Å². The maximum atomic E-state index is 12.8. The summed E-state index contributed by atoms with van der Waals surface area (Å²) >= 11 is 0. The molecule has 0 saturated carbocycles. The van der Waals surface area contributed by atoms with Gasteiger partial charge in [-0.3, -0.25) is 13.8 Å². The Balaban J connectivity index is 4.57. The van der Waals surface area contributed by atoms with Crippen LogP contribution >= 0.6 is 7.82 Å². The summed E-state index contributed by atoms with van der Waals surface area (Å²) in [6.45, 7) is 4.76. The van der Waals surface area contributed by atoms with Gasteiger partial charge in [-0.1, -0.05) is 154 Å². The Morgan fingerprint density at radius 2 is 1.15 bits per heavy atom. The number of nitrogens with zero attached hydrogens (tertiary/aromatic N) is 1. The number of hydrogen-bond acceptors (Lipinski definition) is 5. The van der Waals surface area contributed by atoms with Crippen LogP contribution < -0.4 is 5.32 Å². The van der Waals surface area contributed by atoms with Gasteiger partial charge < -0.3 is 19.8 Å². The summed E-state index contributed by atoms with van der Waals surface area (Å²) < 4.78 is 23.4. The summed E-state index contributed by atoms with van der Waals surface area (Å²) in [5.41, 5.74) is 0. The number of carbonyl (C=O) groups excluding carboxylic acids is 1. The minimum Gasteiger partial charge on any atom is -0.387 e. The lowest BCUT2D eigenvalue weighted by Gasteiger charge is -2.25. The van der Waals surface area contributed by atoms with Crippen LogP contribution in [-0.2, 0) is 18.4 Å². The SMILES string of the molecule is CCCCCCCCCC/C=C/CC/C=C/[C@@H](O)[C@H](COP(=O)(O)OCC[N+](C)(C)C)NC(=O)CCCCCCCCCCCCCC. The van der Waals surface area contributed by atoms with E-state index >= 15 is 0 Å². The van der Waals surface area contributed by atoms with E-state index in [2.05, 4.69) is 31.3 Å². The number of carbonyl (C=O) groups is 1. The van der Waals surface area contributed by atoms with Crippen LogP contribution in [0.15, 0.2) is 24.3 Å². The van der Waals surface area contributed by atoms with Crippen molar-refractivity contribution in [1.82, 2.24) is 5.32 Å². The zero-order chi connectivity index (χ0) is 35.8. The van der Waals surface area contributed by atoms with Crippen LogP contribution in [0.2, 0.25) is 0 Å². The zero-order valence-electron chi connectivity index (χ0n) is 32.0. The van der Waals surface area contributed by atoms with Crippen molar-refractivity contribution in [3.8, 4) is 0 Å². The molecule has 0 aromatic heterocycles. The fourth-order valence-corrected chi connectivity index (χ4v) is 6.20. The maximum absolute atomic E-state index is 12.8. The van der Waals surface area contributed by atoms with Gasteiger partial charge >= 0.3 is 7.82 Å². The van der Waals surface area contributed by atoms with Gasteiger partial charge in [-0.25, -0.2) is 4.57 Å². The maximum Gasteiger partial charge on any atom is 0.472 e. The number of likely N-dealkylation sites (N-methyl/N-ethyl adjacent to an activating group) is 1. The van der Waals surface area contributed by atoms with Gasteiger partial charge in [0.15, 0.2) is 0 Å². The van der Waals surface area contributed by atoms with Crippen LogP contribution in [-0.4, -0.2) is 73.4 Å². The van der Waals surface area contributed by atoms with Gasteiger partial charge in [0.25, 0.3) is 0 Å². The topological polar surface area (TPSA) is 105 Å². The van der Waals surface area contributed by atoms with E-state index in [1.807, 2.05) is 27.2 Å². The predicted molar refractivity (Wildman–Crippen MR) is 203 cm³/mol. The Hall–Kier alpha value is -1.02. The molecule has 0 aromatic rings. The summed E-state index contributed by atoms with van der Waals surface area (Å²) in [7, 11) is 1.56. The van der Waals surface area contributed by atoms with Crippen molar-refractivity contribution in [1.29, 1.82) is 0 Å². The van der Waals surface area contributed by atoms with Crippen molar-refractivity contribution in [3.05, 3.63) is 24.3 Å². The molecule has 0 fully saturated rings. The Kier molecular flexibility index (Phi) is 31.2. The number of amides is 1. The molecule has 0 aliphatic carbocycles. The molecular formula is C39H78N2O6P+. The smallest absolute Gasteiger partial charge is 0.387 e. The molecule has 0 radical (unpaired) electrons. The van der Waals surface area contributed by atoms with Gasteiger partial charge in [0.05, 0.1) is 39.9 Å². The third-order valence-electron chi connectivity index (χ3n) is 8.67. The van der Waals surface area contributed by atoms with E-state index in [9.17, 15) is 19.4 Å². The average molecular weight is 702 g/mol. The summed E-state index contributed by atoms with van der Waals surface area (Å²) in [6, 6.07) is -0.855. The van der Waals surface area contributed by atoms with Gasteiger partial charge in [0.2, 0.25) is 5.91 Å². The molecule has 0 aromatic carbocycles. The summed E-state index contributed by atoms with van der Waals surface area (Å²) in [4.78, 5) is 23.0. The van der Waals surface area contributed by atoms with Crippen molar-refractivity contribution in [2.75, 3.05) is 40.9 Å². The van der Waals surface area contributed by atoms with Gasteiger partial charge in [-0.2, -0.15) is 0 Å². The number of phosphoric acid groups is 1. The highest BCUT2D eigenvalue weighted by molar-refractivity contribution is 7.47. The van der Waals surface area contributed by atoms with Gasteiger partial charge in [0.1, 0.15) is 13.2 Å². The number of hydrogen-bond donors (Lipinski definition) is 3. The Morgan fingerprint density at radius 1 is 0.688 bits per heavy atom. The minimum atomic E-state index is -4.33. The second kappa shape index (κ2) is 31.9. The van der Waals surface area contributed by atoms with Gasteiger partial charge in [0, 0.05) is 6.42 Å². The highest BCUT2D eigenvalue weighted by Crippen LogP contribution is 2.43. The first-order chi connectivity index (χ1) is 23.0. The van der Waals surface area contributed by atoms with Crippen LogP contribution in [0.5, 0.6) is 0 Å². The summed E-state index contributed by atoms with van der Waals surface area (Å²) in [6.07, 6.45) is 35.2. The molecule has 3 atom stereocenters. The largest absolute Gasteiger partial charge is 0.472 e. The molecule has 284 valence electrons. The lowest BCUT2D eigenvalue weighted by Crippen LogP contribution is -2.45. The third kappa shape index (κ3) is 33.5. The normalized spacial score (nSPS) is 14.9. The molecule has 8 nitrogen and oxygen atoms in total. The van der Waals surface area contributed by atoms with Crippen molar-refractivity contribution in [3.63, 3.8) is 0 Å². The Labute approximate surface area is 296 Å². The molecule has 0 spiro atoms. The second-order valence-electron chi connectivity index (χ2n) is 14.7. The first-order valence-corrected chi connectivity index (χ1v) is 21.2. The van der Waals surface area contributed by atoms with Crippen molar-refractivity contribution >= 4 is 13.7 Å². The van der Waals surface area contributed by atoms with E-state index in [-0.39, 0.29) is 19.1 Å². The summed E-state index contributed by atoms with van der Waals surface area (Å²) in [5, 5.41) is 13.7. The second-order valence-corrected chi connectivity index (χ2v) is 16.1. The van der Waals surface area contributed by atoms with E-state index < -0.39 is 20.0 Å². The minimum absolute atomic E-state index is 0.0578. The quantitative estimate of drug-likeness (QED) is 0.0263. The molecule has 0 aliphatic heterocycles. The van der Waals surface area contributed by atoms with E-state index in [1.54, 1.807) is 6.08 Å². The fraction of sp³-hybridized carbons (Fsp3) is 0.872. The van der Waals surface area contributed by atoms with Crippen molar-refractivity contribution in [2.45, 2.75) is 180 Å². The first-order valence-electron chi connectivity index (χ1n) is 19.7. The number of allylic oxidation sites excluding steroid dienone is 3. The molecule has 9 heteroatoms. The van der Waals surface area contributed by atoms with Crippen LogP contribution in [0.1, 0.15) is 168 Å².